The fourth-order valence-electron chi connectivity index (χ4n) is 2.02. The summed E-state index contributed by atoms with van der Waals surface area (Å²) in [5.41, 5.74) is 6.54. The second kappa shape index (κ2) is 19.9. The minimum absolute atomic E-state index is 0.524. The Kier molecular flexibility index (Phi) is 20.8. The lowest BCUT2D eigenvalue weighted by molar-refractivity contribution is 0.211. The normalized spacial score (nSPS) is 13.3. The van der Waals surface area contributed by atoms with E-state index in [4.69, 9.17) is 10.5 Å². The van der Waals surface area contributed by atoms with Crippen LogP contribution in [0.4, 0.5) is 0 Å². The molecule has 0 saturated carbocycles. The van der Waals surface area contributed by atoms with Crippen molar-refractivity contribution in [3.63, 3.8) is 0 Å². The zero-order chi connectivity index (χ0) is 18.6. The predicted octanol–water partition coefficient (Wildman–Crippen LogP) is 3.29. The Morgan fingerprint density at radius 2 is 1.71 bits per heavy atom. The van der Waals surface area contributed by atoms with Crippen LogP contribution in [0, 0.1) is 0 Å². The van der Waals surface area contributed by atoms with E-state index in [9.17, 15) is 0 Å². The first kappa shape index (κ1) is 25.1. The molecule has 142 valence electrons. The number of ether oxygens (including phenoxy) is 1. The molecule has 2 heterocycles. The molecule has 3 N–H and O–H groups in total. The van der Waals surface area contributed by atoms with Crippen molar-refractivity contribution in [2.75, 3.05) is 39.3 Å². The van der Waals surface area contributed by atoms with Crippen LogP contribution in [0.1, 0.15) is 53.5 Å². The number of hydrogen-bond donors (Lipinski definition) is 2. The molecule has 0 amide bonds. The Bertz CT molecular complexity index is 338. The third-order valence-corrected chi connectivity index (χ3v) is 3.11. The third kappa shape index (κ3) is 12.3. The van der Waals surface area contributed by atoms with Gasteiger partial charge in [-0.25, -0.2) is 4.98 Å². The van der Waals surface area contributed by atoms with E-state index in [1.807, 2.05) is 53.7 Å². The van der Waals surface area contributed by atoms with Crippen LogP contribution in [-0.2, 0) is 6.54 Å². The molecular weight excluding hydrogens is 300 g/mol. The molecule has 1 aliphatic rings. The molecule has 0 spiro atoms. The van der Waals surface area contributed by atoms with Crippen LogP contribution in [0.2, 0.25) is 0 Å². The lowest BCUT2D eigenvalue weighted by Crippen LogP contribution is -2.43. The molecule has 0 aromatic carbocycles. The molecular formula is C19H40N4O. The highest BCUT2D eigenvalue weighted by molar-refractivity contribution is 5.17. The van der Waals surface area contributed by atoms with Gasteiger partial charge in [-0.05, 0) is 12.0 Å². The van der Waals surface area contributed by atoms with Gasteiger partial charge in [-0.1, -0.05) is 47.6 Å². The van der Waals surface area contributed by atoms with Crippen molar-refractivity contribution in [1.82, 2.24) is 15.2 Å². The van der Waals surface area contributed by atoms with E-state index in [1.165, 1.54) is 0 Å². The Morgan fingerprint density at radius 1 is 1.08 bits per heavy atom. The SMILES string of the molecule is CC.CC.CC.NCc1ccc(OCCCN2CCNCC2)nc1. The standard InChI is InChI=1S/C13H22N4O.3C2H6/c14-10-12-2-3-13(16-11-12)18-9-1-6-17-7-4-15-5-8-17;3*1-2/h2-3,11,15H,1,4-10,14H2;3*1-2H3. The summed E-state index contributed by atoms with van der Waals surface area (Å²) in [6.07, 6.45) is 2.81. The summed E-state index contributed by atoms with van der Waals surface area (Å²) in [5.74, 6) is 0.688. The van der Waals surface area contributed by atoms with Crippen LogP contribution in [0.25, 0.3) is 0 Å². The molecule has 1 aromatic rings. The highest BCUT2D eigenvalue weighted by atomic mass is 16.5. The molecule has 5 nitrogen and oxygen atoms in total. The van der Waals surface area contributed by atoms with E-state index in [0.29, 0.717) is 12.4 Å². The van der Waals surface area contributed by atoms with E-state index < -0.39 is 0 Å². The van der Waals surface area contributed by atoms with Crippen LogP contribution in [0.5, 0.6) is 5.88 Å². The minimum atomic E-state index is 0.524. The maximum absolute atomic E-state index is 5.60. The molecule has 0 atom stereocenters. The molecule has 24 heavy (non-hydrogen) atoms. The van der Waals surface area contributed by atoms with Gasteiger partial charge in [0.1, 0.15) is 0 Å². The topological polar surface area (TPSA) is 63.4 Å². The summed E-state index contributed by atoms with van der Waals surface area (Å²) < 4.78 is 5.60. The summed E-state index contributed by atoms with van der Waals surface area (Å²) >= 11 is 0. The molecule has 0 radical (unpaired) electrons. The number of pyridine rings is 1. The van der Waals surface area contributed by atoms with Crippen LogP contribution in [0.15, 0.2) is 18.3 Å². The number of nitrogens with one attached hydrogen (secondary N) is 1. The van der Waals surface area contributed by atoms with Crippen LogP contribution in [0.3, 0.4) is 0 Å². The Hall–Kier alpha value is -1.17. The van der Waals surface area contributed by atoms with Gasteiger partial charge >= 0.3 is 0 Å². The van der Waals surface area contributed by atoms with Gasteiger partial charge in [0.15, 0.2) is 0 Å². The van der Waals surface area contributed by atoms with Crippen molar-refractivity contribution in [3.05, 3.63) is 23.9 Å². The molecule has 0 unspecified atom stereocenters. The van der Waals surface area contributed by atoms with Gasteiger partial charge in [-0.3, -0.25) is 0 Å². The van der Waals surface area contributed by atoms with Gasteiger partial charge in [0.2, 0.25) is 5.88 Å². The van der Waals surface area contributed by atoms with Gasteiger partial charge in [-0.15, -0.1) is 0 Å². The largest absolute Gasteiger partial charge is 0.478 e. The monoisotopic (exact) mass is 340 g/mol. The lowest BCUT2D eigenvalue weighted by Gasteiger charge is -2.26. The number of nitrogens with zero attached hydrogens (tertiary/aromatic N) is 2. The van der Waals surface area contributed by atoms with Gasteiger partial charge in [0.05, 0.1) is 6.61 Å². The highest BCUT2D eigenvalue weighted by Crippen LogP contribution is 2.07. The van der Waals surface area contributed by atoms with E-state index >= 15 is 0 Å². The molecule has 1 aromatic heterocycles. The fourth-order valence-corrected chi connectivity index (χ4v) is 2.02. The van der Waals surface area contributed by atoms with Gasteiger partial charge in [0.25, 0.3) is 0 Å². The first-order valence-corrected chi connectivity index (χ1v) is 9.59. The number of aromatic nitrogens is 1. The minimum Gasteiger partial charge on any atom is -0.478 e. The Balaban J connectivity index is 0. The average molecular weight is 341 g/mol. The second-order valence-electron chi connectivity index (χ2n) is 4.50. The van der Waals surface area contributed by atoms with E-state index in [-0.39, 0.29) is 0 Å². The van der Waals surface area contributed by atoms with Gasteiger partial charge < -0.3 is 20.7 Å². The Morgan fingerprint density at radius 3 is 2.21 bits per heavy atom. The first-order valence-electron chi connectivity index (χ1n) is 9.59. The van der Waals surface area contributed by atoms with Crippen LogP contribution < -0.4 is 15.8 Å². The fraction of sp³-hybridized carbons (Fsp3) is 0.737. The number of piperazine rings is 1. The smallest absolute Gasteiger partial charge is 0.213 e. The summed E-state index contributed by atoms with van der Waals surface area (Å²) in [7, 11) is 0. The number of nitrogens with two attached hydrogens (primary N) is 1. The highest BCUT2D eigenvalue weighted by Gasteiger charge is 2.08. The quantitative estimate of drug-likeness (QED) is 0.778. The average Bonchev–Trinajstić information content (AvgIpc) is 2.71. The third-order valence-electron chi connectivity index (χ3n) is 3.11. The second-order valence-corrected chi connectivity index (χ2v) is 4.50. The van der Waals surface area contributed by atoms with E-state index in [0.717, 1.165) is 51.3 Å². The summed E-state index contributed by atoms with van der Waals surface area (Å²) in [5, 5.41) is 3.35. The summed E-state index contributed by atoms with van der Waals surface area (Å²) in [6.45, 7) is 18.8. The zero-order valence-corrected chi connectivity index (χ0v) is 16.8. The van der Waals surface area contributed by atoms with Gasteiger partial charge in [-0.2, -0.15) is 0 Å². The summed E-state index contributed by atoms with van der Waals surface area (Å²) in [4.78, 5) is 6.67. The zero-order valence-electron chi connectivity index (χ0n) is 16.8. The van der Waals surface area contributed by atoms with Crippen molar-refractivity contribution in [2.24, 2.45) is 5.73 Å². The number of hydrogen-bond acceptors (Lipinski definition) is 5. The molecule has 1 saturated heterocycles. The van der Waals surface area contributed by atoms with Crippen molar-refractivity contribution >= 4 is 0 Å². The summed E-state index contributed by atoms with van der Waals surface area (Å²) in [6, 6.07) is 3.84. The lowest BCUT2D eigenvalue weighted by atomic mass is 10.3. The number of rotatable bonds is 6. The molecule has 5 heteroatoms. The van der Waals surface area contributed by atoms with E-state index in [2.05, 4.69) is 15.2 Å². The first-order chi connectivity index (χ1) is 11.9. The van der Waals surface area contributed by atoms with Gasteiger partial charge in [0, 0.05) is 51.5 Å². The molecule has 1 fully saturated rings. The van der Waals surface area contributed by atoms with Crippen LogP contribution in [-0.4, -0.2) is 49.2 Å². The maximum atomic E-state index is 5.60. The molecule has 0 bridgehead atoms. The van der Waals surface area contributed by atoms with E-state index in [1.54, 1.807) is 6.20 Å². The Labute approximate surface area is 150 Å². The molecule has 0 aliphatic carbocycles. The van der Waals surface area contributed by atoms with Crippen molar-refractivity contribution in [2.45, 2.75) is 54.5 Å². The maximum Gasteiger partial charge on any atom is 0.213 e. The molecule has 1 aliphatic heterocycles. The van der Waals surface area contributed by atoms with Crippen molar-refractivity contribution in [3.8, 4) is 5.88 Å². The molecule has 2 rings (SSSR count). The van der Waals surface area contributed by atoms with Crippen molar-refractivity contribution < 1.29 is 4.74 Å². The van der Waals surface area contributed by atoms with Crippen LogP contribution >= 0.6 is 0 Å². The predicted molar refractivity (Wildman–Crippen MR) is 106 cm³/mol. The van der Waals surface area contributed by atoms with Crippen molar-refractivity contribution in [1.29, 1.82) is 0 Å².